The maximum absolute atomic E-state index is 11.4. The number of carbonyl (C=O) groups is 1. The van der Waals surface area contributed by atoms with Gasteiger partial charge in [0.1, 0.15) is 0 Å². The van der Waals surface area contributed by atoms with Crippen molar-refractivity contribution in [2.24, 2.45) is 5.92 Å². The smallest absolute Gasteiger partial charge is 0.337 e. The first-order valence-corrected chi connectivity index (χ1v) is 7.21. The van der Waals surface area contributed by atoms with Crippen molar-refractivity contribution in [1.82, 2.24) is 0 Å². The van der Waals surface area contributed by atoms with E-state index in [2.05, 4.69) is 11.8 Å². The maximum Gasteiger partial charge on any atom is 0.337 e. The lowest BCUT2D eigenvalue weighted by molar-refractivity contribution is 0.0697. The van der Waals surface area contributed by atoms with Crippen LogP contribution in [0, 0.1) is 5.92 Å². The van der Waals surface area contributed by atoms with Gasteiger partial charge in [-0.2, -0.15) is 0 Å². The van der Waals surface area contributed by atoms with E-state index in [0.29, 0.717) is 29.8 Å². The minimum Gasteiger partial charge on any atom is -0.478 e. The van der Waals surface area contributed by atoms with Gasteiger partial charge in [0.15, 0.2) is 0 Å². The molecule has 0 spiro atoms. The molecule has 0 aromatic heterocycles. The summed E-state index contributed by atoms with van der Waals surface area (Å²) < 4.78 is 5.15. The quantitative estimate of drug-likeness (QED) is 0.839. The van der Waals surface area contributed by atoms with E-state index in [1.54, 1.807) is 25.3 Å². The van der Waals surface area contributed by atoms with Gasteiger partial charge in [-0.3, -0.25) is 0 Å². The van der Waals surface area contributed by atoms with Crippen molar-refractivity contribution in [1.29, 1.82) is 0 Å². The number of nitrogens with zero attached hydrogens (tertiary/aromatic N) is 1. The van der Waals surface area contributed by atoms with E-state index in [-0.39, 0.29) is 11.6 Å². The summed E-state index contributed by atoms with van der Waals surface area (Å²) in [4.78, 5) is 13.5. The van der Waals surface area contributed by atoms with Gasteiger partial charge in [-0.15, -0.1) is 0 Å². The topological polar surface area (TPSA) is 49.8 Å². The molecular weight excluding hydrogens is 278 g/mol. The van der Waals surface area contributed by atoms with Crippen LogP contribution in [0.3, 0.4) is 0 Å². The molecule has 1 aromatic rings. The van der Waals surface area contributed by atoms with E-state index in [0.717, 1.165) is 0 Å². The van der Waals surface area contributed by atoms with Crippen LogP contribution < -0.4 is 4.90 Å². The molecule has 1 aromatic carbocycles. The van der Waals surface area contributed by atoms with Crippen LogP contribution in [-0.4, -0.2) is 37.4 Å². The molecule has 20 heavy (non-hydrogen) atoms. The summed E-state index contributed by atoms with van der Waals surface area (Å²) in [5.74, 6) is -0.335. The number of benzene rings is 1. The standard InChI is InChI=1S/C15H20ClNO3/c1-10(11-6-7-11)17(8-9-20-2)14-12(15(18)19)4-3-5-13(14)16/h3-5,10-11H,6-9H2,1-2H3,(H,18,19). The number of ether oxygens (including phenoxy) is 1. The normalized spacial score (nSPS) is 15.9. The lowest BCUT2D eigenvalue weighted by Gasteiger charge is -2.33. The van der Waals surface area contributed by atoms with Crippen LogP contribution in [0.5, 0.6) is 0 Å². The van der Waals surface area contributed by atoms with Gasteiger partial charge < -0.3 is 14.7 Å². The SMILES string of the molecule is COCCN(c1c(Cl)cccc1C(=O)O)C(C)C1CC1. The van der Waals surface area contributed by atoms with Crippen LogP contribution in [0.4, 0.5) is 5.69 Å². The molecule has 0 aliphatic heterocycles. The maximum atomic E-state index is 11.4. The highest BCUT2D eigenvalue weighted by Gasteiger charge is 2.34. The van der Waals surface area contributed by atoms with Crippen LogP contribution >= 0.6 is 11.6 Å². The number of methoxy groups -OCH3 is 1. The van der Waals surface area contributed by atoms with Gasteiger partial charge in [0.05, 0.1) is 22.9 Å². The third kappa shape index (κ3) is 3.25. The summed E-state index contributed by atoms with van der Waals surface area (Å²) in [7, 11) is 1.64. The highest BCUT2D eigenvalue weighted by Crippen LogP contribution is 2.39. The van der Waals surface area contributed by atoms with E-state index in [1.165, 1.54) is 12.8 Å². The molecule has 0 radical (unpaired) electrons. The average Bonchev–Trinajstić information content (AvgIpc) is 3.24. The van der Waals surface area contributed by atoms with Crippen molar-refractivity contribution >= 4 is 23.3 Å². The number of aromatic carboxylic acids is 1. The highest BCUT2D eigenvalue weighted by molar-refractivity contribution is 6.34. The van der Waals surface area contributed by atoms with Gasteiger partial charge in [0.2, 0.25) is 0 Å². The van der Waals surface area contributed by atoms with Crippen LogP contribution in [0.2, 0.25) is 5.02 Å². The summed E-state index contributed by atoms with van der Waals surface area (Å²) >= 11 is 6.27. The molecule has 5 heteroatoms. The molecule has 4 nitrogen and oxygen atoms in total. The molecule has 1 aliphatic rings. The largest absolute Gasteiger partial charge is 0.478 e. The number of carboxylic acids is 1. The summed E-state index contributed by atoms with van der Waals surface area (Å²) in [5.41, 5.74) is 0.860. The molecule has 0 amide bonds. The Hall–Kier alpha value is -1.26. The minimum absolute atomic E-state index is 0.251. The molecule has 1 unspecified atom stereocenters. The Morgan fingerprint density at radius 2 is 2.25 bits per heavy atom. The monoisotopic (exact) mass is 297 g/mol. The molecule has 0 bridgehead atoms. The van der Waals surface area contributed by atoms with Crippen molar-refractivity contribution in [2.75, 3.05) is 25.2 Å². The van der Waals surface area contributed by atoms with Crippen LogP contribution in [-0.2, 0) is 4.74 Å². The fourth-order valence-corrected chi connectivity index (χ4v) is 2.80. The molecule has 110 valence electrons. The van der Waals surface area contributed by atoms with Gasteiger partial charge in [-0.05, 0) is 37.8 Å². The lowest BCUT2D eigenvalue weighted by Crippen LogP contribution is -2.38. The first kappa shape index (κ1) is 15.1. The molecular formula is C15H20ClNO3. The Morgan fingerprint density at radius 1 is 1.55 bits per heavy atom. The Labute approximate surface area is 124 Å². The number of para-hydroxylation sites is 1. The Bertz CT molecular complexity index is 488. The number of halogens is 1. The Kier molecular flexibility index (Phi) is 4.89. The summed E-state index contributed by atoms with van der Waals surface area (Å²) in [5, 5.41) is 9.86. The van der Waals surface area contributed by atoms with Crippen LogP contribution in [0.15, 0.2) is 18.2 Å². The third-order valence-electron chi connectivity index (χ3n) is 3.84. The number of carboxylic acid groups (broad SMARTS) is 1. The van der Waals surface area contributed by atoms with Gasteiger partial charge in [-0.25, -0.2) is 4.79 Å². The second kappa shape index (κ2) is 6.46. The molecule has 0 saturated heterocycles. The average molecular weight is 298 g/mol. The van der Waals surface area contributed by atoms with E-state index in [9.17, 15) is 9.90 Å². The first-order valence-electron chi connectivity index (χ1n) is 6.83. The molecule has 1 N–H and O–H groups in total. The predicted molar refractivity (Wildman–Crippen MR) is 79.8 cm³/mol. The summed E-state index contributed by atoms with van der Waals surface area (Å²) in [6.45, 7) is 3.31. The number of hydrogen-bond donors (Lipinski definition) is 1. The summed E-state index contributed by atoms with van der Waals surface area (Å²) in [6, 6.07) is 5.28. The lowest BCUT2D eigenvalue weighted by atomic mass is 10.1. The van der Waals surface area contributed by atoms with Gasteiger partial charge in [-0.1, -0.05) is 17.7 Å². The van der Waals surface area contributed by atoms with Crippen LogP contribution in [0.25, 0.3) is 0 Å². The van der Waals surface area contributed by atoms with Crippen molar-refractivity contribution in [3.8, 4) is 0 Å². The van der Waals surface area contributed by atoms with Gasteiger partial charge >= 0.3 is 5.97 Å². The first-order chi connectivity index (χ1) is 9.56. The molecule has 1 saturated carbocycles. The van der Waals surface area contributed by atoms with Crippen molar-refractivity contribution in [3.05, 3.63) is 28.8 Å². The minimum atomic E-state index is -0.951. The summed E-state index contributed by atoms with van der Waals surface area (Å²) in [6.07, 6.45) is 2.38. The van der Waals surface area contributed by atoms with Crippen LogP contribution in [0.1, 0.15) is 30.1 Å². The van der Waals surface area contributed by atoms with E-state index in [1.807, 2.05) is 0 Å². The second-order valence-corrected chi connectivity index (χ2v) is 5.61. The van der Waals surface area contributed by atoms with Crippen molar-refractivity contribution in [2.45, 2.75) is 25.8 Å². The highest BCUT2D eigenvalue weighted by atomic mass is 35.5. The fourth-order valence-electron chi connectivity index (χ4n) is 2.52. The molecule has 2 rings (SSSR count). The number of hydrogen-bond acceptors (Lipinski definition) is 3. The third-order valence-corrected chi connectivity index (χ3v) is 4.14. The van der Waals surface area contributed by atoms with Gasteiger partial charge in [0.25, 0.3) is 0 Å². The Morgan fingerprint density at radius 3 is 2.80 bits per heavy atom. The van der Waals surface area contributed by atoms with Gasteiger partial charge in [0, 0.05) is 19.7 Å². The van der Waals surface area contributed by atoms with E-state index in [4.69, 9.17) is 16.3 Å². The molecule has 1 aliphatic carbocycles. The Balaban J connectivity index is 2.38. The van der Waals surface area contributed by atoms with E-state index >= 15 is 0 Å². The van der Waals surface area contributed by atoms with Crippen molar-refractivity contribution < 1.29 is 14.6 Å². The second-order valence-electron chi connectivity index (χ2n) is 5.21. The molecule has 1 fully saturated rings. The van der Waals surface area contributed by atoms with E-state index < -0.39 is 5.97 Å². The molecule has 1 atom stereocenters. The number of anilines is 1. The van der Waals surface area contributed by atoms with Crippen molar-refractivity contribution in [3.63, 3.8) is 0 Å². The zero-order valence-corrected chi connectivity index (χ0v) is 12.6. The zero-order chi connectivity index (χ0) is 14.7. The molecule has 0 heterocycles. The predicted octanol–water partition coefficient (Wildman–Crippen LogP) is 3.29. The zero-order valence-electron chi connectivity index (χ0n) is 11.8. The fraction of sp³-hybridized carbons (Fsp3) is 0.533. The number of rotatable bonds is 7.